The molecule has 1 aromatic carbocycles. The number of hydrogen-bond acceptors (Lipinski definition) is 6. The molecule has 3 unspecified atom stereocenters. The molecule has 3 amide bonds. The van der Waals surface area contributed by atoms with E-state index in [1.165, 1.54) is 4.90 Å². The predicted molar refractivity (Wildman–Crippen MR) is 121 cm³/mol. The Kier molecular flexibility index (Phi) is 5.99. The van der Waals surface area contributed by atoms with E-state index in [0.717, 1.165) is 0 Å². The molecule has 31 heavy (non-hydrogen) atoms. The standard InChI is InChI=1S/C21H26BrN3O5S/c1-10(9-26)25-17(19(28)24-11-4-6-12(30-3)7-5-11)21-8-13(22)16(31-21)14(18(27)23-2)15(21)20(25)29/h4-7,10,13-17,26H,8-9H2,1-3H3,(H,23,27)(H,24,28)/t10-,13?,14+,15+,16+,17?,21?/m1/s1. The van der Waals surface area contributed by atoms with Crippen LogP contribution in [0.2, 0.25) is 0 Å². The van der Waals surface area contributed by atoms with Crippen molar-refractivity contribution in [2.24, 2.45) is 11.8 Å². The molecule has 0 saturated carbocycles. The van der Waals surface area contributed by atoms with Gasteiger partial charge < -0.3 is 25.4 Å². The van der Waals surface area contributed by atoms with Crippen molar-refractivity contribution in [3.8, 4) is 5.75 Å². The number of thioether (sulfide) groups is 1. The lowest BCUT2D eigenvalue weighted by Crippen LogP contribution is -2.54. The third-order valence-electron chi connectivity index (χ3n) is 6.62. The Morgan fingerprint density at radius 1 is 1.35 bits per heavy atom. The van der Waals surface area contributed by atoms with Crippen molar-refractivity contribution in [2.45, 2.75) is 40.3 Å². The average molecular weight is 512 g/mol. The van der Waals surface area contributed by atoms with Gasteiger partial charge in [-0.1, -0.05) is 15.9 Å². The van der Waals surface area contributed by atoms with E-state index in [-0.39, 0.29) is 34.4 Å². The maximum Gasteiger partial charge on any atom is 0.248 e. The molecule has 168 valence electrons. The molecule has 3 heterocycles. The third kappa shape index (κ3) is 3.34. The Bertz CT molecular complexity index is 900. The van der Waals surface area contributed by atoms with Crippen molar-refractivity contribution in [3.63, 3.8) is 0 Å². The van der Waals surface area contributed by atoms with Gasteiger partial charge in [0.15, 0.2) is 0 Å². The van der Waals surface area contributed by atoms with Crippen LogP contribution in [0.1, 0.15) is 13.3 Å². The van der Waals surface area contributed by atoms with Gasteiger partial charge in [-0.15, -0.1) is 11.8 Å². The third-order valence-corrected chi connectivity index (χ3v) is 9.84. The summed E-state index contributed by atoms with van der Waals surface area (Å²) in [7, 11) is 3.13. The molecule has 1 spiro atoms. The molecule has 3 saturated heterocycles. The lowest BCUT2D eigenvalue weighted by molar-refractivity contribution is -0.141. The minimum atomic E-state index is -0.793. The number of anilines is 1. The quantitative estimate of drug-likeness (QED) is 0.495. The molecule has 3 aliphatic heterocycles. The second-order valence-corrected chi connectivity index (χ2v) is 11.0. The van der Waals surface area contributed by atoms with Crippen LogP contribution in [0, 0.1) is 11.8 Å². The SMILES string of the molecule is CNC(=O)[C@H]1[C@H]2C(=O)N([C@H](C)CO)C(C(=O)Nc3ccc(OC)cc3)C23CC(Br)[C@@H]1S3. The number of aliphatic hydroxyl groups excluding tert-OH is 1. The van der Waals surface area contributed by atoms with E-state index in [4.69, 9.17) is 4.74 Å². The largest absolute Gasteiger partial charge is 0.497 e. The average Bonchev–Trinajstić information content (AvgIpc) is 3.36. The number of methoxy groups -OCH3 is 1. The summed E-state index contributed by atoms with van der Waals surface area (Å²) in [4.78, 5) is 41.4. The molecule has 0 aromatic heterocycles. The van der Waals surface area contributed by atoms with Gasteiger partial charge in [0.2, 0.25) is 17.7 Å². The minimum absolute atomic E-state index is 0.0181. The van der Waals surface area contributed by atoms with E-state index >= 15 is 0 Å². The second-order valence-electron chi connectivity index (χ2n) is 8.27. The summed E-state index contributed by atoms with van der Waals surface area (Å²) in [6.45, 7) is 1.46. The first-order valence-corrected chi connectivity index (χ1v) is 12.0. The highest BCUT2D eigenvalue weighted by Crippen LogP contribution is 2.67. The molecular weight excluding hydrogens is 486 g/mol. The van der Waals surface area contributed by atoms with Crippen molar-refractivity contribution < 1.29 is 24.2 Å². The molecule has 3 aliphatic rings. The van der Waals surface area contributed by atoms with Crippen molar-refractivity contribution in [3.05, 3.63) is 24.3 Å². The highest BCUT2D eigenvalue weighted by Gasteiger charge is 2.75. The van der Waals surface area contributed by atoms with E-state index in [0.29, 0.717) is 17.9 Å². The molecule has 7 atom stereocenters. The van der Waals surface area contributed by atoms with E-state index in [9.17, 15) is 19.5 Å². The Morgan fingerprint density at radius 2 is 2.03 bits per heavy atom. The number of likely N-dealkylation sites (tertiary alicyclic amines) is 1. The number of nitrogens with one attached hydrogen (secondary N) is 2. The Hall–Kier alpha value is -1.78. The number of benzene rings is 1. The van der Waals surface area contributed by atoms with E-state index < -0.39 is 28.7 Å². The number of ether oxygens (including phenoxy) is 1. The predicted octanol–water partition coefficient (Wildman–Crippen LogP) is 1.23. The molecule has 2 bridgehead atoms. The van der Waals surface area contributed by atoms with Gasteiger partial charge in [-0.2, -0.15) is 0 Å². The van der Waals surface area contributed by atoms with Crippen LogP contribution in [-0.2, 0) is 14.4 Å². The van der Waals surface area contributed by atoms with Crippen molar-refractivity contribution in [1.29, 1.82) is 0 Å². The molecule has 3 N–H and O–H groups in total. The summed E-state index contributed by atoms with van der Waals surface area (Å²) in [5.74, 6) is -1.19. The van der Waals surface area contributed by atoms with Gasteiger partial charge in [-0.25, -0.2) is 0 Å². The number of amides is 3. The van der Waals surface area contributed by atoms with E-state index in [1.54, 1.807) is 57.1 Å². The number of carbonyl (C=O) groups excluding carboxylic acids is 3. The first-order chi connectivity index (χ1) is 14.8. The molecule has 3 fully saturated rings. The first-order valence-electron chi connectivity index (χ1n) is 10.2. The number of nitrogens with zero attached hydrogens (tertiary/aromatic N) is 1. The molecule has 8 nitrogen and oxygen atoms in total. The Morgan fingerprint density at radius 3 is 2.61 bits per heavy atom. The number of halogens is 1. The van der Waals surface area contributed by atoms with Crippen LogP contribution in [0.25, 0.3) is 0 Å². The van der Waals surface area contributed by atoms with Gasteiger partial charge in [0.25, 0.3) is 0 Å². The van der Waals surface area contributed by atoms with Crippen molar-refractivity contribution in [2.75, 3.05) is 26.1 Å². The van der Waals surface area contributed by atoms with Crippen LogP contribution in [0.5, 0.6) is 5.75 Å². The van der Waals surface area contributed by atoms with Crippen LogP contribution in [-0.4, -0.2) is 75.4 Å². The zero-order chi connectivity index (χ0) is 22.5. The fraction of sp³-hybridized carbons (Fsp3) is 0.571. The van der Waals surface area contributed by atoms with Crippen molar-refractivity contribution in [1.82, 2.24) is 10.2 Å². The number of fused-ring (bicyclic) bond motifs is 1. The van der Waals surface area contributed by atoms with Crippen LogP contribution < -0.4 is 15.4 Å². The Balaban J connectivity index is 1.72. The zero-order valence-electron chi connectivity index (χ0n) is 17.5. The number of alkyl halides is 1. The summed E-state index contributed by atoms with van der Waals surface area (Å²) >= 11 is 5.26. The first kappa shape index (κ1) is 22.4. The van der Waals surface area contributed by atoms with Gasteiger partial charge in [0.05, 0.1) is 36.3 Å². The van der Waals surface area contributed by atoms with E-state index in [1.807, 2.05) is 0 Å². The Labute approximate surface area is 193 Å². The summed E-state index contributed by atoms with van der Waals surface area (Å²) < 4.78 is 4.43. The van der Waals surface area contributed by atoms with E-state index in [2.05, 4.69) is 26.6 Å². The van der Waals surface area contributed by atoms with Gasteiger partial charge >= 0.3 is 0 Å². The monoisotopic (exact) mass is 511 g/mol. The van der Waals surface area contributed by atoms with Gasteiger partial charge in [0.1, 0.15) is 11.8 Å². The fourth-order valence-electron chi connectivity index (χ4n) is 5.28. The molecule has 0 aliphatic carbocycles. The lowest BCUT2D eigenvalue weighted by Gasteiger charge is -2.36. The smallest absolute Gasteiger partial charge is 0.248 e. The van der Waals surface area contributed by atoms with Crippen LogP contribution >= 0.6 is 27.7 Å². The molecular formula is C21H26BrN3O5S. The van der Waals surface area contributed by atoms with Crippen LogP contribution in [0.4, 0.5) is 5.69 Å². The summed E-state index contributed by atoms with van der Waals surface area (Å²) in [6, 6.07) is 5.63. The van der Waals surface area contributed by atoms with Gasteiger partial charge in [-0.3, -0.25) is 14.4 Å². The van der Waals surface area contributed by atoms with Crippen molar-refractivity contribution >= 4 is 51.1 Å². The normalized spacial score (nSPS) is 34.4. The molecule has 1 aromatic rings. The lowest BCUT2D eigenvalue weighted by atomic mass is 9.70. The highest BCUT2D eigenvalue weighted by molar-refractivity contribution is 9.09. The van der Waals surface area contributed by atoms with Gasteiger partial charge in [-0.05, 0) is 37.6 Å². The van der Waals surface area contributed by atoms with Gasteiger partial charge in [0, 0.05) is 22.8 Å². The zero-order valence-corrected chi connectivity index (χ0v) is 19.9. The maximum absolute atomic E-state index is 13.6. The van der Waals surface area contributed by atoms with Crippen LogP contribution in [0.15, 0.2) is 24.3 Å². The number of rotatable bonds is 6. The molecule has 4 rings (SSSR count). The fourth-order valence-corrected chi connectivity index (χ4v) is 8.88. The topological polar surface area (TPSA) is 108 Å². The number of aliphatic hydroxyl groups is 1. The molecule has 10 heteroatoms. The molecule has 0 radical (unpaired) electrons. The summed E-state index contributed by atoms with van der Waals surface area (Å²) in [5.41, 5.74) is 0.588. The highest BCUT2D eigenvalue weighted by atomic mass is 79.9. The van der Waals surface area contributed by atoms with Crippen LogP contribution in [0.3, 0.4) is 0 Å². The number of carbonyl (C=O) groups is 3. The second kappa shape index (κ2) is 8.29. The maximum atomic E-state index is 13.6. The minimum Gasteiger partial charge on any atom is -0.497 e. The summed E-state index contributed by atoms with van der Waals surface area (Å²) in [5, 5.41) is 15.4. The number of hydrogen-bond donors (Lipinski definition) is 3. The summed E-state index contributed by atoms with van der Waals surface area (Å²) in [6.07, 6.45) is 0.599.